The highest BCUT2D eigenvalue weighted by Crippen LogP contribution is 2.31. The van der Waals surface area contributed by atoms with E-state index in [1.807, 2.05) is 0 Å². The third kappa shape index (κ3) is 2.44. The summed E-state index contributed by atoms with van der Waals surface area (Å²) in [5.41, 5.74) is -0.0557. The minimum absolute atomic E-state index is 0.100. The van der Waals surface area contributed by atoms with Crippen molar-refractivity contribution < 1.29 is 23.6 Å². The van der Waals surface area contributed by atoms with Gasteiger partial charge in [-0.2, -0.15) is 5.06 Å². The summed E-state index contributed by atoms with van der Waals surface area (Å²) in [4.78, 5) is 39.3. The number of hydrogen-bond acceptors (Lipinski definition) is 5. The molecule has 100 valence electrons. The second kappa shape index (κ2) is 4.97. The maximum atomic E-state index is 13.3. The minimum atomic E-state index is -0.825. The van der Waals surface area contributed by atoms with Crippen LogP contribution in [-0.2, 0) is 14.4 Å². The summed E-state index contributed by atoms with van der Waals surface area (Å²) in [5.74, 6) is -2.99. The van der Waals surface area contributed by atoms with Crippen LogP contribution in [-0.4, -0.2) is 24.1 Å². The van der Waals surface area contributed by atoms with Crippen molar-refractivity contribution in [3.63, 3.8) is 0 Å². The first kappa shape index (κ1) is 13.5. The van der Waals surface area contributed by atoms with E-state index < -0.39 is 29.9 Å². The van der Waals surface area contributed by atoms with Crippen LogP contribution in [0.5, 0.6) is 0 Å². The molecule has 5 nitrogen and oxygen atoms in total. The number of carbonyl (C=O) groups is 3. The predicted molar refractivity (Wildman–Crippen MR) is 64.5 cm³/mol. The molecule has 0 saturated heterocycles. The van der Waals surface area contributed by atoms with Gasteiger partial charge in [-0.25, -0.2) is 9.18 Å². The van der Waals surface area contributed by atoms with Crippen molar-refractivity contribution in [1.29, 1.82) is 0 Å². The first-order valence-electron chi connectivity index (χ1n) is 5.49. The SMILES string of the molecule is CCC(=O)ON1CC(=O)C(=O)c2cc(F)c(Cl)cc21. The van der Waals surface area contributed by atoms with Crippen molar-refractivity contribution in [2.75, 3.05) is 11.6 Å². The van der Waals surface area contributed by atoms with E-state index in [1.54, 1.807) is 6.92 Å². The fourth-order valence-electron chi connectivity index (χ4n) is 1.63. The predicted octanol–water partition coefficient (Wildman–Crippen LogP) is 1.92. The second-order valence-electron chi connectivity index (χ2n) is 3.89. The quantitative estimate of drug-likeness (QED) is 0.777. The van der Waals surface area contributed by atoms with Crippen LogP contribution in [0.25, 0.3) is 0 Å². The molecule has 1 aliphatic heterocycles. The molecule has 0 aliphatic carbocycles. The van der Waals surface area contributed by atoms with Gasteiger partial charge >= 0.3 is 5.97 Å². The summed E-state index contributed by atoms with van der Waals surface area (Å²) in [6.07, 6.45) is 0.100. The van der Waals surface area contributed by atoms with E-state index in [1.165, 1.54) is 0 Å². The van der Waals surface area contributed by atoms with Gasteiger partial charge in [0.1, 0.15) is 12.4 Å². The number of benzene rings is 1. The van der Waals surface area contributed by atoms with Gasteiger partial charge in [0.15, 0.2) is 0 Å². The fourth-order valence-corrected chi connectivity index (χ4v) is 1.79. The van der Waals surface area contributed by atoms with Gasteiger partial charge in [0, 0.05) is 6.42 Å². The monoisotopic (exact) mass is 285 g/mol. The Morgan fingerprint density at radius 1 is 1.47 bits per heavy atom. The number of Topliss-reactive ketones (excluding diaryl/α,β-unsaturated/α-hetero) is 2. The summed E-state index contributed by atoms with van der Waals surface area (Å²) in [6, 6.07) is 2.02. The van der Waals surface area contributed by atoms with E-state index in [9.17, 15) is 18.8 Å². The average Bonchev–Trinajstić information content (AvgIpc) is 2.38. The van der Waals surface area contributed by atoms with Crippen molar-refractivity contribution in [3.8, 4) is 0 Å². The molecule has 1 heterocycles. The van der Waals surface area contributed by atoms with Crippen molar-refractivity contribution >= 4 is 34.8 Å². The Bertz CT molecular complexity index is 587. The molecule has 0 unspecified atom stereocenters. The Balaban J connectivity index is 2.48. The zero-order chi connectivity index (χ0) is 14.2. The smallest absolute Gasteiger partial charge is 0.332 e. The molecule has 2 rings (SSSR count). The lowest BCUT2D eigenvalue weighted by molar-refractivity contribution is -0.145. The van der Waals surface area contributed by atoms with Crippen LogP contribution in [0.4, 0.5) is 10.1 Å². The molecule has 1 aromatic carbocycles. The minimum Gasteiger partial charge on any atom is -0.340 e. The first-order valence-corrected chi connectivity index (χ1v) is 5.86. The Hall–Kier alpha value is -1.95. The fraction of sp³-hybridized carbons (Fsp3) is 0.250. The molecule has 0 amide bonds. The van der Waals surface area contributed by atoms with E-state index in [2.05, 4.69) is 0 Å². The van der Waals surface area contributed by atoms with Crippen LogP contribution >= 0.6 is 11.6 Å². The highest BCUT2D eigenvalue weighted by Gasteiger charge is 2.33. The number of ketones is 2. The number of hydrogen-bond donors (Lipinski definition) is 0. The van der Waals surface area contributed by atoms with Crippen LogP contribution in [0.15, 0.2) is 12.1 Å². The molecular weight excluding hydrogens is 277 g/mol. The van der Waals surface area contributed by atoms with E-state index in [0.29, 0.717) is 0 Å². The molecule has 0 fully saturated rings. The highest BCUT2D eigenvalue weighted by atomic mass is 35.5. The molecule has 0 radical (unpaired) electrons. The normalized spacial score (nSPS) is 14.4. The molecule has 7 heteroatoms. The topological polar surface area (TPSA) is 63.7 Å². The van der Waals surface area contributed by atoms with Crippen molar-refractivity contribution in [1.82, 2.24) is 0 Å². The largest absolute Gasteiger partial charge is 0.340 e. The Morgan fingerprint density at radius 2 is 2.16 bits per heavy atom. The van der Waals surface area contributed by atoms with Gasteiger partial charge in [0.2, 0.25) is 11.6 Å². The number of carbonyl (C=O) groups excluding carboxylic acids is 3. The Morgan fingerprint density at radius 3 is 2.79 bits per heavy atom. The molecule has 0 aromatic heterocycles. The van der Waals surface area contributed by atoms with Gasteiger partial charge in [0.05, 0.1) is 16.3 Å². The van der Waals surface area contributed by atoms with Crippen LogP contribution in [0, 0.1) is 5.82 Å². The number of hydroxylamine groups is 1. The zero-order valence-electron chi connectivity index (χ0n) is 9.91. The number of fused-ring (bicyclic) bond motifs is 1. The van der Waals surface area contributed by atoms with Crippen molar-refractivity contribution in [2.24, 2.45) is 0 Å². The summed E-state index contributed by atoms with van der Waals surface area (Å²) in [5, 5.41) is 0.731. The third-order valence-corrected chi connectivity index (χ3v) is 2.88. The molecule has 0 atom stereocenters. The van der Waals surface area contributed by atoms with E-state index in [0.717, 1.165) is 17.2 Å². The second-order valence-corrected chi connectivity index (χ2v) is 4.30. The summed E-state index contributed by atoms with van der Waals surface area (Å²) in [7, 11) is 0. The Labute approximate surface area is 112 Å². The lowest BCUT2D eigenvalue weighted by Gasteiger charge is -2.27. The number of rotatable bonds is 2. The van der Waals surface area contributed by atoms with Gasteiger partial charge in [-0.15, -0.1) is 0 Å². The van der Waals surface area contributed by atoms with Crippen molar-refractivity contribution in [2.45, 2.75) is 13.3 Å². The number of nitrogens with zero attached hydrogens (tertiary/aromatic N) is 1. The van der Waals surface area contributed by atoms with E-state index in [4.69, 9.17) is 16.4 Å². The third-order valence-electron chi connectivity index (χ3n) is 2.59. The van der Waals surface area contributed by atoms with Gasteiger partial charge in [-0.05, 0) is 12.1 Å². The van der Waals surface area contributed by atoms with Gasteiger partial charge < -0.3 is 4.84 Å². The summed E-state index contributed by atoms with van der Waals surface area (Å²) >= 11 is 5.63. The summed E-state index contributed by atoms with van der Waals surface area (Å²) in [6.45, 7) is 1.18. The van der Waals surface area contributed by atoms with E-state index in [-0.39, 0.29) is 22.7 Å². The molecule has 1 aliphatic rings. The molecule has 0 N–H and O–H groups in total. The standard InChI is InChI=1S/C12H9ClFNO4/c1-2-11(17)19-15-5-10(16)12(18)6-3-8(14)7(13)4-9(6)15/h3-4H,2,5H2,1H3. The van der Waals surface area contributed by atoms with Crippen LogP contribution in [0.3, 0.4) is 0 Å². The zero-order valence-corrected chi connectivity index (χ0v) is 10.7. The average molecular weight is 286 g/mol. The lowest BCUT2D eigenvalue weighted by atomic mass is 10.0. The van der Waals surface area contributed by atoms with Gasteiger partial charge in [-0.3, -0.25) is 9.59 Å². The molecular formula is C12H9ClFNO4. The number of anilines is 1. The molecule has 0 spiro atoms. The summed E-state index contributed by atoms with van der Waals surface area (Å²) < 4.78 is 13.3. The van der Waals surface area contributed by atoms with E-state index >= 15 is 0 Å². The van der Waals surface area contributed by atoms with Crippen LogP contribution in [0.2, 0.25) is 5.02 Å². The van der Waals surface area contributed by atoms with Crippen molar-refractivity contribution in [3.05, 3.63) is 28.5 Å². The molecule has 0 saturated carbocycles. The Kier molecular flexibility index (Phi) is 3.53. The van der Waals surface area contributed by atoms with Gasteiger partial charge in [-0.1, -0.05) is 18.5 Å². The van der Waals surface area contributed by atoms with Crippen LogP contribution in [0.1, 0.15) is 23.7 Å². The van der Waals surface area contributed by atoms with Crippen LogP contribution < -0.4 is 5.06 Å². The van der Waals surface area contributed by atoms with Gasteiger partial charge in [0.25, 0.3) is 0 Å². The maximum Gasteiger partial charge on any atom is 0.332 e. The maximum absolute atomic E-state index is 13.3. The number of halogens is 2. The highest BCUT2D eigenvalue weighted by molar-refractivity contribution is 6.47. The lowest BCUT2D eigenvalue weighted by Crippen LogP contribution is -2.40. The molecule has 1 aromatic rings. The molecule has 19 heavy (non-hydrogen) atoms. The molecule has 0 bridgehead atoms. The first-order chi connectivity index (χ1) is 8.93.